The van der Waals surface area contributed by atoms with Gasteiger partial charge in [0.15, 0.2) is 0 Å². The zero-order valence-corrected chi connectivity index (χ0v) is 11.9. The second-order valence-electron chi connectivity index (χ2n) is 5.98. The van der Waals surface area contributed by atoms with Crippen molar-refractivity contribution in [2.45, 2.75) is 58.9 Å². The summed E-state index contributed by atoms with van der Waals surface area (Å²) in [5.74, 6) is 1.53. The summed E-state index contributed by atoms with van der Waals surface area (Å²) >= 11 is 0. The average molecular weight is 250 g/mol. The highest BCUT2D eigenvalue weighted by molar-refractivity contribution is 5.12. The Bertz CT molecular complexity index is 379. The Kier molecular flexibility index (Phi) is 4.38. The van der Waals surface area contributed by atoms with Gasteiger partial charge in [-0.1, -0.05) is 19.1 Å². The van der Waals surface area contributed by atoms with Crippen molar-refractivity contribution in [1.82, 2.24) is 15.0 Å². The van der Waals surface area contributed by atoms with Crippen molar-refractivity contribution >= 4 is 0 Å². The highest BCUT2D eigenvalue weighted by Crippen LogP contribution is 2.39. The van der Waals surface area contributed by atoms with Crippen LogP contribution in [-0.2, 0) is 12.8 Å². The first-order chi connectivity index (χ1) is 8.63. The van der Waals surface area contributed by atoms with Crippen LogP contribution < -0.4 is 5.73 Å². The number of aromatic nitrogens is 3. The van der Waals surface area contributed by atoms with Crippen molar-refractivity contribution in [3.05, 3.63) is 11.4 Å². The van der Waals surface area contributed by atoms with Crippen LogP contribution in [0.5, 0.6) is 0 Å². The van der Waals surface area contributed by atoms with E-state index in [0.717, 1.165) is 30.4 Å². The van der Waals surface area contributed by atoms with Gasteiger partial charge in [0.25, 0.3) is 0 Å². The molecule has 1 aromatic rings. The molecular formula is C14H26N4. The van der Waals surface area contributed by atoms with E-state index in [1.165, 1.54) is 25.0 Å². The van der Waals surface area contributed by atoms with Crippen molar-refractivity contribution in [1.29, 1.82) is 0 Å². The molecule has 1 saturated carbocycles. The number of rotatable bonds is 7. The molecule has 1 aliphatic carbocycles. The number of hydrogen-bond donors (Lipinski definition) is 1. The van der Waals surface area contributed by atoms with Gasteiger partial charge in [-0.25, -0.2) is 4.68 Å². The van der Waals surface area contributed by atoms with Crippen LogP contribution in [0.4, 0.5) is 0 Å². The molecule has 1 aromatic heterocycles. The normalized spacial score (nSPS) is 17.4. The van der Waals surface area contributed by atoms with Crippen LogP contribution in [-0.4, -0.2) is 21.5 Å². The predicted octanol–water partition coefficient (Wildman–Crippen LogP) is 2.34. The van der Waals surface area contributed by atoms with Crippen molar-refractivity contribution in [3.8, 4) is 0 Å². The van der Waals surface area contributed by atoms with Crippen molar-refractivity contribution in [3.63, 3.8) is 0 Å². The molecule has 0 bridgehead atoms. The maximum absolute atomic E-state index is 5.67. The molecule has 1 unspecified atom stereocenters. The first-order valence-corrected chi connectivity index (χ1v) is 7.26. The van der Waals surface area contributed by atoms with Gasteiger partial charge in [-0.05, 0) is 51.0 Å². The monoisotopic (exact) mass is 250 g/mol. The van der Waals surface area contributed by atoms with Gasteiger partial charge in [-0.15, -0.1) is 5.10 Å². The number of nitrogens with zero attached hydrogens (tertiary/aromatic N) is 3. The topological polar surface area (TPSA) is 56.7 Å². The quantitative estimate of drug-likeness (QED) is 0.808. The highest BCUT2D eigenvalue weighted by atomic mass is 15.4. The molecule has 2 N–H and O–H groups in total. The molecule has 18 heavy (non-hydrogen) atoms. The molecular weight excluding hydrogens is 224 g/mol. The minimum absolute atomic E-state index is 0.506. The molecule has 0 radical (unpaired) electrons. The summed E-state index contributed by atoms with van der Waals surface area (Å²) in [7, 11) is 0. The van der Waals surface area contributed by atoms with Crippen LogP contribution in [0.25, 0.3) is 0 Å². The van der Waals surface area contributed by atoms with E-state index in [1.54, 1.807) is 0 Å². The van der Waals surface area contributed by atoms with Crippen LogP contribution in [0, 0.1) is 11.8 Å². The average Bonchev–Trinajstić information content (AvgIpc) is 3.09. The van der Waals surface area contributed by atoms with Gasteiger partial charge in [-0.2, -0.15) is 0 Å². The minimum Gasteiger partial charge on any atom is -0.330 e. The summed E-state index contributed by atoms with van der Waals surface area (Å²) < 4.78 is 2.17. The Hall–Kier alpha value is -0.900. The molecule has 0 spiro atoms. The first-order valence-electron chi connectivity index (χ1n) is 7.26. The van der Waals surface area contributed by atoms with Gasteiger partial charge in [0.05, 0.1) is 17.4 Å². The van der Waals surface area contributed by atoms with Gasteiger partial charge in [0.2, 0.25) is 0 Å². The highest BCUT2D eigenvalue weighted by Gasteiger charge is 2.31. The standard InChI is InChI=1S/C14H26N4/c1-10(2)4-7-14-13(8-9-15)16-17-18(14)11(3)12-5-6-12/h10-12H,4-9,15H2,1-3H3. The van der Waals surface area contributed by atoms with Crippen LogP contribution in [0.15, 0.2) is 0 Å². The molecule has 1 fully saturated rings. The molecule has 0 amide bonds. The van der Waals surface area contributed by atoms with Gasteiger partial charge in [0, 0.05) is 6.42 Å². The van der Waals surface area contributed by atoms with Crippen LogP contribution >= 0.6 is 0 Å². The maximum atomic E-state index is 5.67. The lowest BCUT2D eigenvalue weighted by molar-refractivity contribution is 0.409. The van der Waals surface area contributed by atoms with E-state index in [1.807, 2.05) is 0 Å². The Morgan fingerprint density at radius 2 is 2.00 bits per heavy atom. The van der Waals surface area contributed by atoms with Crippen molar-refractivity contribution in [2.75, 3.05) is 6.54 Å². The number of nitrogens with two attached hydrogens (primary N) is 1. The van der Waals surface area contributed by atoms with Gasteiger partial charge >= 0.3 is 0 Å². The van der Waals surface area contributed by atoms with E-state index in [-0.39, 0.29) is 0 Å². The molecule has 0 aromatic carbocycles. The summed E-state index contributed by atoms with van der Waals surface area (Å²) in [6.07, 6.45) is 5.82. The fourth-order valence-corrected chi connectivity index (χ4v) is 2.47. The Balaban J connectivity index is 2.16. The summed E-state index contributed by atoms with van der Waals surface area (Å²) in [6, 6.07) is 0.506. The molecule has 0 saturated heterocycles. The SMILES string of the molecule is CC(C)CCc1c(CCN)nnn1C(C)C1CC1. The zero-order valence-electron chi connectivity index (χ0n) is 11.9. The molecule has 0 aliphatic heterocycles. The second kappa shape index (κ2) is 5.83. The van der Waals surface area contributed by atoms with Crippen molar-refractivity contribution in [2.24, 2.45) is 17.6 Å². The maximum Gasteiger partial charge on any atom is 0.0871 e. The van der Waals surface area contributed by atoms with E-state index < -0.39 is 0 Å². The predicted molar refractivity (Wildman–Crippen MR) is 73.4 cm³/mol. The van der Waals surface area contributed by atoms with Crippen LogP contribution in [0.2, 0.25) is 0 Å². The Morgan fingerprint density at radius 1 is 1.28 bits per heavy atom. The Morgan fingerprint density at radius 3 is 2.56 bits per heavy atom. The van der Waals surface area contributed by atoms with E-state index in [0.29, 0.717) is 12.6 Å². The van der Waals surface area contributed by atoms with Crippen LogP contribution in [0.1, 0.15) is 57.5 Å². The molecule has 4 nitrogen and oxygen atoms in total. The third-order valence-corrected chi connectivity index (χ3v) is 3.90. The lowest BCUT2D eigenvalue weighted by atomic mass is 10.0. The van der Waals surface area contributed by atoms with E-state index in [9.17, 15) is 0 Å². The molecule has 1 heterocycles. The summed E-state index contributed by atoms with van der Waals surface area (Å²) in [4.78, 5) is 0. The fraction of sp³-hybridized carbons (Fsp3) is 0.857. The van der Waals surface area contributed by atoms with Gasteiger partial charge < -0.3 is 5.73 Å². The first kappa shape index (κ1) is 13.5. The summed E-state index contributed by atoms with van der Waals surface area (Å²) in [6.45, 7) is 7.46. The second-order valence-corrected chi connectivity index (χ2v) is 5.98. The Labute approximate surface area is 110 Å². The molecule has 102 valence electrons. The minimum atomic E-state index is 0.506. The van der Waals surface area contributed by atoms with E-state index in [4.69, 9.17) is 5.73 Å². The summed E-state index contributed by atoms with van der Waals surface area (Å²) in [5.41, 5.74) is 8.11. The zero-order chi connectivity index (χ0) is 13.1. The largest absolute Gasteiger partial charge is 0.330 e. The molecule has 4 heteroatoms. The lowest BCUT2D eigenvalue weighted by Crippen LogP contribution is -2.14. The molecule has 2 rings (SSSR count). The molecule has 1 atom stereocenters. The molecule has 1 aliphatic rings. The van der Waals surface area contributed by atoms with Crippen molar-refractivity contribution < 1.29 is 0 Å². The third-order valence-electron chi connectivity index (χ3n) is 3.90. The third kappa shape index (κ3) is 3.10. The van der Waals surface area contributed by atoms with Gasteiger partial charge in [0.1, 0.15) is 0 Å². The number of hydrogen-bond acceptors (Lipinski definition) is 3. The fourth-order valence-electron chi connectivity index (χ4n) is 2.47. The lowest BCUT2D eigenvalue weighted by Gasteiger charge is -2.15. The summed E-state index contributed by atoms with van der Waals surface area (Å²) in [5, 5.41) is 8.73. The van der Waals surface area contributed by atoms with E-state index in [2.05, 4.69) is 35.8 Å². The van der Waals surface area contributed by atoms with E-state index >= 15 is 0 Å². The smallest absolute Gasteiger partial charge is 0.0871 e. The van der Waals surface area contributed by atoms with Gasteiger partial charge in [-0.3, -0.25) is 0 Å². The van der Waals surface area contributed by atoms with Crippen LogP contribution in [0.3, 0.4) is 0 Å².